The fraction of sp³-hybridized carbons (Fsp3) is 0. The van der Waals surface area contributed by atoms with Gasteiger partial charge in [-0.1, -0.05) is 36.4 Å². The molecule has 0 aromatic heterocycles. The number of carbonyl (C=O) groups excluding carboxylic acids is 2. The minimum Gasteiger partial charge on any atom is -0.451 e. The number of benzene rings is 5. The summed E-state index contributed by atoms with van der Waals surface area (Å²) in [5.41, 5.74) is 0.607. The molecule has 0 radical (unpaired) electrons. The Morgan fingerprint density at radius 1 is 0.405 bits per heavy atom. The van der Waals surface area contributed by atoms with Crippen molar-refractivity contribution in [2.24, 2.45) is 0 Å². The number of halogens is 4. The topological polar surface area (TPSA) is 71.1 Å². The van der Waals surface area contributed by atoms with Gasteiger partial charge in [-0.15, -0.1) is 0 Å². The Labute approximate surface area is 236 Å². The SMILES string of the molecule is O=C(Oc1ccc(Oc2c(F)c(F)c(Oc3ccc(OC(=O)c4ccccc4)cc3)c(F)c2F)cc1)c1ccccc1. The lowest BCUT2D eigenvalue weighted by Gasteiger charge is -2.14. The number of rotatable bonds is 8. The van der Waals surface area contributed by atoms with Crippen LogP contribution in [0, 0.1) is 23.3 Å². The van der Waals surface area contributed by atoms with Crippen LogP contribution >= 0.6 is 0 Å². The van der Waals surface area contributed by atoms with E-state index in [2.05, 4.69) is 0 Å². The van der Waals surface area contributed by atoms with Gasteiger partial charge in [0.1, 0.15) is 23.0 Å². The third-order valence-corrected chi connectivity index (χ3v) is 5.71. The van der Waals surface area contributed by atoms with Gasteiger partial charge in [0.2, 0.25) is 34.8 Å². The zero-order valence-electron chi connectivity index (χ0n) is 21.4. The fourth-order valence-corrected chi connectivity index (χ4v) is 3.64. The average Bonchev–Trinajstić information content (AvgIpc) is 3.03. The lowest BCUT2D eigenvalue weighted by molar-refractivity contribution is 0.0725. The first kappa shape index (κ1) is 27.9. The van der Waals surface area contributed by atoms with Crippen molar-refractivity contribution in [1.82, 2.24) is 0 Å². The molecule has 210 valence electrons. The zero-order valence-corrected chi connectivity index (χ0v) is 21.4. The van der Waals surface area contributed by atoms with Crippen LogP contribution in [0.4, 0.5) is 17.6 Å². The number of carbonyl (C=O) groups is 2. The van der Waals surface area contributed by atoms with Crippen molar-refractivity contribution in [3.05, 3.63) is 144 Å². The van der Waals surface area contributed by atoms with Gasteiger partial charge in [0.15, 0.2) is 0 Å². The molecule has 0 N–H and O–H groups in total. The Kier molecular flexibility index (Phi) is 8.14. The molecular weight excluding hydrogens is 556 g/mol. The van der Waals surface area contributed by atoms with Crippen molar-refractivity contribution in [2.45, 2.75) is 0 Å². The van der Waals surface area contributed by atoms with Crippen LogP contribution in [-0.4, -0.2) is 11.9 Å². The molecule has 5 rings (SSSR count). The summed E-state index contributed by atoms with van der Waals surface area (Å²) in [6.07, 6.45) is 0. The van der Waals surface area contributed by atoms with Crippen molar-refractivity contribution < 1.29 is 46.1 Å². The Morgan fingerprint density at radius 3 is 1.00 bits per heavy atom. The van der Waals surface area contributed by atoms with Crippen molar-refractivity contribution in [2.75, 3.05) is 0 Å². The van der Waals surface area contributed by atoms with E-state index in [1.165, 1.54) is 48.5 Å². The second-order valence-electron chi connectivity index (χ2n) is 8.57. The summed E-state index contributed by atoms with van der Waals surface area (Å²) in [6.45, 7) is 0. The summed E-state index contributed by atoms with van der Waals surface area (Å²) < 4.78 is 79.7. The molecule has 42 heavy (non-hydrogen) atoms. The van der Waals surface area contributed by atoms with Crippen LogP contribution in [0.15, 0.2) is 109 Å². The predicted molar refractivity (Wildman–Crippen MR) is 142 cm³/mol. The molecule has 5 aromatic rings. The molecule has 0 unspecified atom stereocenters. The number of hydrogen-bond acceptors (Lipinski definition) is 6. The van der Waals surface area contributed by atoms with Gasteiger partial charge in [0, 0.05) is 0 Å². The molecule has 0 saturated heterocycles. The van der Waals surface area contributed by atoms with Gasteiger partial charge < -0.3 is 18.9 Å². The summed E-state index contributed by atoms with van der Waals surface area (Å²) in [4.78, 5) is 24.3. The number of hydrogen-bond donors (Lipinski definition) is 0. The molecule has 0 spiro atoms. The number of ether oxygens (including phenoxy) is 4. The molecule has 0 atom stereocenters. The third-order valence-electron chi connectivity index (χ3n) is 5.71. The Morgan fingerprint density at radius 2 is 0.690 bits per heavy atom. The highest BCUT2D eigenvalue weighted by molar-refractivity contribution is 5.91. The van der Waals surface area contributed by atoms with E-state index < -0.39 is 46.7 Å². The van der Waals surface area contributed by atoms with Crippen molar-refractivity contribution in [1.29, 1.82) is 0 Å². The summed E-state index contributed by atoms with van der Waals surface area (Å²) >= 11 is 0. The Hall–Kier alpha value is -5.64. The fourth-order valence-electron chi connectivity index (χ4n) is 3.64. The summed E-state index contributed by atoms with van der Waals surface area (Å²) in [5, 5.41) is 0. The van der Waals surface area contributed by atoms with Crippen molar-refractivity contribution in [3.8, 4) is 34.5 Å². The second-order valence-corrected chi connectivity index (χ2v) is 8.57. The van der Waals surface area contributed by atoms with Gasteiger partial charge in [-0.25, -0.2) is 9.59 Å². The first-order valence-corrected chi connectivity index (χ1v) is 12.3. The molecule has 0 fully saturated rings. The summed E-state index contributed by atoms with van der Waals surface area (Å²) in [7, 11) is 0. The van der Waals surface area contributed by atoms with Gasteiger partial charge >= 0.3 is 11.9 Å². The predicted octanol–water partition coefficient (Wildman–Crippen LogP) is 8.27. The second kappa shape index (κ2) is 12.3. The lowest BCUT2D eigenvalue weighted by Crippen LogP contribution is -2.08. The normalized spacial score (nSPS) is 10.6. The molecule has 0 aliphatic carbocycles. The molecule has 10 heteroatoms. The van der Waals surface area contributed by atoms with E-state index in [1.54, 1.807) is 60.7 Å². The molecule has 6 nitrogen and oxygen atoms in total. The molecular formula is C32H18F4O6. The van der Waals surface area contributed by atoms with Crippen LogP contribution in [0.25, 0.3) is 0 Å². The number of esters is 2. The van der Waals surface area contributed by atoms with E-state index >= 15 is 0 Å². The van der Waals surface area contributed by atoms with Crippen LogP contribution in [0.5, 0.6) is 34.5 Å². The van der Waals surface area contributed by atoms with Gasteiger partial charge in [-0.3, -0.25) is 0 Å². The van der Waals surface area contributed by atoms with Gasteiger partial charge in [-0.05, 0) is 72.8 Å². The maximum Gasteiger partial charge on any atom is 0.343 e. The molecule has 0 aliphatic heterocycles. The molecule has 0 saturated carbocycles. The highest BCUT2D eigenvalue weighted by Crippen LogP contribution is 2.39. The van der Waals surface area contributed by atoms with Crippen LogP contribution in [0.3, 0.4) is 0 Å². The van der Waals surface area contributed by atoms with E-state index in [0.717, 1.165) is 0 Å². The van der Waals surface area contributed by atoms with Crippen LogP contribution in [0.2, 0.25) is 0 Å². The Bertz CT molecular complexity index is 1570. The van der Waals surface area contributed by atoms with Crippen molar-refractivity contribution >= 4 is 11.9 Å². The first-order valence-electron chi connectivity index (χ1n) is 12.3. The third kappa shape index (κ3) is 6.23. The summed E-state index contributed by atoms with van der Waals surface area (Å²) in [5.74, 6) is -11.5. The molecule has 5 aromatic carbocycles. The zero-order chi connectivity index (χ0) is 29.6. The van der Waals surface area contributed by atoms with Crippen LogP contribution < -0.4 is 18.9 Å². The smallest absolute Gasteiger partial charge is 0.343 e. The van der Waals surface area contributed by atoms with Crippen LogP contribution in [0.1, 0.15) is 20.7 Å². The lowest BCUT2D eigenvalue weighted by atomic mass is 10.2. The van der Waals surface area contributed by atoms with E-state index in [0.29, 0.717) is 11.1 Å². The minimum atomic E-state index is -1.84. The van der Waals surface area contributed by atoms with E-state index in [9.17, 15) is 27.2 Å². The first-order chi connectivity index (χ1) is 20.3. The Balaban J connectivity index is 1.27. The van der Waals surface area contributed by atoms with E-state index in [-0.39, 0.29) is 23.0 Å². The molecule has 0 bridgehead atoms. The average molecular weight is 574 g/mol. The molecule has 0 aliphatic rings. The van der Waals surface area contributed by atoms with Crippen molar-refractivity contribution in [3.63, 3.8) is 0 Å². The maximum atomic E-state index is 14.8. The van der Waals surface area contributed by atoms with Crippen LogP contribution in [-0.2, 0) is 0 Å². The minimum absolute atomic E-state index is 0.0964. The van der Waals surface area contributed by atoms with E-state index in [4.69, 9.17) is 18.9 Å². The molecule has 0 amide bonds. The monoisotopic (exact) mass is 574 g/mol. The maximum absolute atomic E-state index is 14.8. The highest BCUT2D eigenvalue weighted by Gasteiger charge is 2.29. The standard InChI is InChI=1S/C32H18F4O6/c33-25-27(35)30(40-22-13-17-24(18-14-22)42-32(38)20-9-5-2-6-10-20)28(36)26(34)29(25)39-21-11-15-23(16-12-21)41-31(37)19-7-3-1-4-8-19/h1-18H. The van der Waals surface area contributed by atoms with Gasteiger partial charge in [-0.2, -0.15) is 17.6 Å². The van der Waals surface area contributed by atoms with Gasteiger partial charge in [0.05, 0.1) is 11.1 Å². The highest BCUT2D eigenvalue weighted by atomic mass is 19.2. The molecule has 0 heterocycles. The van der Waals surface area contributed by atoms with E-state index in [1.807, 2.05) is 0 Å². The quantitative estimate of drug-likeness (QED) is 0.0804. The summed E-state index contributed by atoms with van der Waals surface area (Å²) in [6, 6.07) is 26.2. The van der Waals surface area contributed by atoms with Gasteiger partial charge in [0.25, 0.3) is 0 Å². The largest absolute Gasteiger partial charge is 0.451 e.